The topological polar surface area (TPSA) is 59.2 Å². The van der Waals surface area contributed by atoms with E-state index >= 15 is 0 Å². The van der Waals surface area contributed by atoms with Crippen LogP contribution in [0.5, 0.6) is 0 Å². The minimum atomic E-state index is -0.0258. The van der Waals surface area contributed by atoms with Crippen LogP contribution < -0.4 is 4.90 Å². The minimum Gasteiger partial charge on any atom is -0.336 e. The van der Waals surface area contributed by atoms with E-state index in [2.05, 4.69) is 16.2 Å². The van der Waals surface area contributed by atoms with Crippen molar-refractivity contribution in [3.8, 4) is 0 Å². The number of nitrogens with zero attached hydrogens (tertiary/aromatic N) is 3. The molecule has 0 atom stereocenters. The largest absolute Gasteiger partial charge is 0.336 e. The lowest BCUT2D eigenvalue weighted by Gasteiger charge is -2.29. The predicted molar refractivity (Wildman–Crippen MR) is 83.0 cm³/mol. The fourth-order valence-electron chi connectivity index (χ4n) is 2.96. The Morgan fingerprint density at radius 2 is 2.18 bits per heavy atom. The molecule has 3 aromatic rings. The summed E-state index contributed by atoms with van der Waals surface area (Å²) in [5, 5.41) is 4.67. The van der Waals surface area contributed by atoms with Crippen molar-refractivity contribution in [2.75, 3.05) is 11.4 Å². The van der Waals surface area contributed by atoms with Gasteiger partial charge in [0.15, 0.2) is 0 Å². The Bertz CT molecular complexity index is 869. The molecule has 5 nitrogen and oxygen atoms in total. The summed E-state index contributed by atoms with van der Waals surface area (Å²) in [7, 11) is 0. The van der Waals surface area contributed by atoms with Crippen molar-refractivity contribution >= 4 is 22.7 Å². The third-order valence-corrected chi connectivity index (χ3v) is 4.11. The second-order valence-corrected chi connectivity index (χ2v) is 5.53. The van der Waals surface area contributed by atoms with E-state index in [-0.39, 0.29) is 5.91 Å². The molecule has 0 fully saturated rings. The first-order valence-corrected chi connectivity index (χ1v) is 7.36. The van der Waals surface area contributed by atoms with E-state index < -0.39 is 0 Å². The lowest BCUT2D eigenvalue weighted by atomic mass is 10.0. The molecule has 1 aliphatic rings. The molecule has 0 saturated carbocycles. The van der Waals surface area contributed by atoms with E-state index in [1.165, 1.54) is 5.56 Å². The van der Waals surface area contributed by atoms with E-state index in [0.29, 0.717) is 11.3 Å². The van der Waals surface area contributed by atoms with Crippen molar-refractivity contribution in [1.29, 1.82) is 0 Å². The molecule has 2 aromatic heterocycles. The zero-order valence-corrected chi connectivity index (χ0v) is 12.2. The zero-order valence-electron chi connectivity index (χ0n) is 12.2. The summed E-state index contributed by atoms with van der Waals surface area (Å²) >= 11 is 0. The Morgan fingerprint density at radius 3 is 3.09 bits per heavy atom. The Kier molecular flexibility index (Phi) is 2.92. The van der Waals surface area contributed by atoms with Gasteiger partial charge < -0.3 is 9.42 Å². The van der Waals surface area contributed by atoms with E-state index in [1.807, 2.05) is 36.1 Å². The van der Waals surface area contributed by atoms with Crippen molar-refractivity contribution < 1.29 is 9.32 Å². The van der Waals surface area contributed by atoms with Gasteiger partial charge in [-0.15, -0.1) is 0 Å². The molecule has 0 aliphatic carbocycles. The number of amides is 1. The monoisotopic (exact) mass is 293 g/mol. The van der Waals surface area contributed by atoms with Gasteiger partial charge in [-0.3, -0.25) is 4.79 Å². The van der Waals surface area contributed by atoms with Gasteiger partial charge in [0.1, 0.15) is 0 Å². The maximum Gasteiger partial charge on any atom is 0.259 e. The van der Waals surface area contributed by atoms with Crippen molar-refractivity contribution in [2.24, 2.45) is 0 Å². The highest BCUT2D eigenvalue weighted by molar-refractivity contribution is 6.07. The molecule has 22 heavy (non-hydrogen) atoms. The van der Waals surface area contributed by atoms with E-state index in [9.17, 15) is 4.79 Å². The standard InChI is InChI=1S/C17H15N3O2/c1-11-14-9-13(10-18-16(14)22-19-11)17(21)20-8-4-6-12-5-2-3-7-15(12)20/h2-3,5,7,9-10H,4,6,8H2,1H3. The highest BCUT2D eigenvalue weighted by Crippen LogP contribution is 2.28. The average molecular weight is 293 g/mol. The number of aromatic nitrogens is 2. The van der Waals surface area contributed by atoms with Gasteiger partial charge >= 0.3 is 0 Å². The van der Waals surface area contributed by atoms with Crippen LogP contribution >= 0.6 is 0 Å². The number of para-hydroxylation sites is 1. The second kappa shape index (κ2) is 4.94. The van der Waals surface area contributed by atoms with Gasteiger partial charge in [-0.2, -0.15) is 0 Å². The molecule has 110 valence electrons. The predicted octanol–water partition coefficient (Wildman–Crippen LogP) is 3.12. The first kappa shape index (κ1) is 13.0. The number of hydrogen-bond acceptors (Lipinski definition) is 4. The number of fused-ring (bicyclic) bond motifs is 2. The molecule has 3 heterocycles. The number of benzene rings is 1. The fraction of sp³-hybridized carbons (Fsp3) is 0.235. The average Bonchev–Trinajstić information content (AvgIpc) is 2.94. The zero-order chi connectivity index (χ0) is 15.1. The molecule has 0 N–H and O–H groups in total. The number of anilines is 1. The van der Waals surface area contributed by atoms with E-state index in [4.69, 9.17) is 4.52 Å². The summed E-state index contributed by atoms with van der Waals surface area (Å²) in [6.07, 6.45) is 3.55. The Hall–Kier alpha value is -2.69. The van der Waals surface area contributed by atoms with Crippen LogP contribution in [0.2, 0.25) is 0 Å². The molecule has 0 radical (unpaired) electrons. The number of pyridine rings is 1. The van der Waals surface area contributed by atoms with Crippen LogP contribution in [-0.4, -0.2) is 22.6 Å². The minimum absolute atomic E-state index is 0.0258. The van der Waals surface area contributed by atoms with Gasteiger partial charge in [0, 0.05) is 18.4 Å². The maximum atomic E-state index is 12.9. The summed E-state index contributed by atoms with van der Waals surface area (Å²) in [6, 6.07) is 9.88. The summed E-state index contributed by atoms with van der Waals surface area (Å²) in [6.45, 7) is 2.58. The second-order valence-electron chi connectivity index (χ2n) is 5.53. The van der Waals surface area contributed by atoms with Crippen LogP contribution in [0, 0.1) is 6.92 Å². The van der Waals surface area contributed by atoms with Crippen LogP contribution in [0.4, 0.5) is 5.69 Å². The summed E-state index contributed by atoms with van der Waals surface area (Å²) in [4.78, 5) is 18.9. The van der Waals surface area contributed by atoms with Crippen LogP contribution in [0.25, 0.3) is 11.1 Å². The normalized spacial score (nSPS) is 14.1. The molecule has 1 aromatic carbocycles. The van der Waals surface area contributed by atoms with Crippen molar-refractivity contribution in [3.63, 3.8) is 0 Å². The summed E-state index contributed by atoms with van der Waals surface area (Å²) < 4.78 is 5.10. The molecule has 0 unspecified atom stereocenters. The first-order chi connectivity index (χ1) is 10.7. The SMILES string of the molecule is Cc1noc2ncc(C(=O)N3CCCc4ccccc43)cc12. The summed E-state index contributed by atoms with van der Waals surface area (Å²) in [5.74, 6) is -0.0258. The van der Waals surface area contributed by atoms with Gasteiger partial charge in [-0.1, -0.05) is 23.4 Å². The Labute approximate surface area is 127 Å². The van der Waals surface area contributed by atoms with Gasteiger partial charge in [0.05, 0.1) is 16.6 Å². The van der Waals surface area contributed by atoms with Crippen LogP contribution in [0.1, 0.15) is 28.0 Å². The van der Waals surface area contributed by atoms with Gasteiger partial charge in [-0.25, -0.2) is 4.98 Å². The molecule has 5 heteroatoms. The number of aryl methyl sites for hydroxylation is 2. The number of carbonyl (C=O) groups is 1. The number of rotatable bonds is 1. The van der Waals surface area contributed by atoms with Gasteiger partial charge in [0.2, 0.25) is 0 Å². The highest BCUT2D eigenvalue weighted by atomic mass is 16.5. The summed E-state index contributed by atoms with van der Waals surface area (Å²) in [5.41, 5.74) is 4.00. The number of carbonyl (C=O) groups excluding carboxylic acids is 1. The molecule has 1 amide bonds. The third kappa shape index (κ3) is 1.97. The maximum absolute atomic E-state index is 12.9. The van der Waals surface area contributed by atoms with E-state index in [1.54, 1.807) is 6.20 Å². The fourth-order valence-corrected chi connectivity index (χ4v) is 2.96. The third-order valence-electron chi connectivity index (χ3n) is 4.11. The van der Waals surface area contributed by atoms with Crippen molar-refractivity contribution in [2.45, 2.75) is 19.8 Å². The molecular formula is C17H15N3O2. The van der Waals surface area contributed by atoms with Crippen molar-refractivity contribution in [1.82, 2.24) is 10.1 Å². The molecule has 0 spiro atoms. The molecule has 0 bridgehead atoms. The molecule has 4 rings (SSSR count). The molecular weight excluding hydrogens is 278 g/mol. The molecule has 1 aliphatic heterocycles. The van der Waals surface area contributed by atoms with Gasteiger partial charge in [-0.05, 0) is 37.5 Å². The quantitative estimate of drug-likeness (QED) is 0.691. The van der Waals surface area contributed by atoms with Crippen LogP contribution in [-0.2, 0) is 6.42 Å². The lowest BCUT2D eigenvalue weighted by Crippen LogP contribution is -2.35. The number of hydrogen-bond donors (Lipinski definition) is 0. The smallest absolute Gasteiger partial charge is 0.259 e. The van der Waals surface area contributed by atoms with Gasteiger partial charge in [0.25, 0.3) is 11.6 Å². The lowest BCUT2D eigenvalue weighted by molar-refractivity contribution is 0.0985. The van der Waals surface area contributed by atoms with Crippen molar-refractivity contribution in [3.05, 3.63) is 53.3 Å². The van der Waals surface area contributed by atoms with E-state index in [0.717, 1.165) is 36.2 Å². The Balaban J connectivity index is 1.76. The van der Waals surface area contributed by atoms with Crippen LogP contribution in [0.3, 0.4) is 0 Å². The highest BCUT2D eigenvalue weighted by Gasteiger charge is 2.24. The first-order valence-electron chi connectivity index (χ1n) is 7.36. The Morgan fingerprint density at radius 1 is 1.32 bits per heavy atom. The molecule has 0 saturated heterocycles. The van der Waals surface area contributed by atoms with Crippen LogP contribution in [0.15, 0.2) is 41.1 Å².